The zero-order valence-corrected chi connectivity index (χ0v) is 18.6. The molecule has 0 aliphatic carbocycles. The molecule has 1 amide bonds. The zero-order valence-electron chi connectivity index (χ0n) is 16.2. The maximum Gasteiger partial charge on any atom is 0.309 e. The van der Waals surface area contributed by atoms with E-state index in [2.05, 4.69) is 9.88 Å². The van der Waals surface area contributed by atoms with Crippen LogP contribution in [0.15, 0.2) is 27.9 Å². The summed E-state index contributed by atoms with van der Waals surface area (Å²) < 4.78 is 21.4. The highest BCUT2D eigenvalue weighted by Gasteiger charge is 2.25. The Morgan fingerprint density at radius 2 is 2.30 bits per heavy atom. The molecule has 0 bridgehead atoms. The van der Waals surface area contributed by atoms with Gasteiger partial charge in [0.25, 0.3) is 0 Å². The second kappa shape index (κ2) is 10.5. The lowest BCUT2D eigenvalue weighted by Gasteiger charge is -2.35. The maximum absolute atomic E-state index is 13.4. The highest BCUT2D eigenvalue weighted by atomic mass is 35.5. The number of hydrogen-bond acceptors (Lipinski definition) is 7. The number of carboxylic acids is 1. The summed E-state index contributed by atoms with van der Waals surface area (Å²) in [6, 6.07) is 4.69. The molecule has 0 unspecified atom stereocenters. The highest BCUT2D eigenvalue weighted by molar-refractivity contribution is 7.99. The Kier molecular flexibility index (Phi) is 8.06. The highest BCUT2D eigenvalue weighted by Crippen LogP contribution is 2.28. The second-order valence-corrected chi connectivity index (χ2v) is 9.36. The van der Waals surface area contributed by atoms with Gasteiger partial charge < -0.3 is 9.84 Å². The molecule has 0 radical (unpaired) electrons. The van der Waals surface area contributed by atoms with Gasteiger partial charge in [0.05, 0.1) is 36.4 Å². The number of nitrogens with zero attached hydrogens (tertiary/aromatic N) is 3. The van der Waals surface area contributed by atoms with Crippen molar-refractivity contribution in [3.05, 3.63) is 45.7 Å². The van der Waals surface area contributed by atoms with Crippen molar-refractivity contribution >= 4 is 46.8 Å². The molecule has 2 heterocycles. The third kappa shape index (κ3) is 6.64. The number of aromatic nitrogens is 1. The van der Waals surface area contributed by atoms with E-state index in [1.165, 1.54) is 36.3 Å². The summed E-state index contributed by atoms with van der Waals surface area (Å²) in [5, 5.41) is 10.6. The minimum atomic E-state index is -0.946. The molecule has 3 rings (SSSR count). The van der Waals surface area contributed by atoms with E-state index in [0.29, 0.717) is 36.3 Å². The summed E-state index contributed by atoms with van der Waals surface area (Å²) in [5.74, 6) is -1.53. The van der Waals surface area contributed by atoms with E-state index in [0.717, 1.165) is 12.1 Å². The van der Waals surface area contributed by atoms with Crippen molar-refractivity contribution in [1.29, 1.82) is 0 Å². The molecule has 1 aliphatic heterocycles. The second-order valence-electron chi connectivity index (χ2n) is 6.82. The molecule has 0 spiro atoms. The molecular formula is C19H21ClFN3O4S2. The van der Waals surface area contributed by atoms with E-state index < -0.39 is 11.8 Å². The van der Waals surface area contributed by atoms with E-state index in [-0.39, 0.29) is 23.5 Å². The first-order valence-corrected chi connectivity index (χ1v) is 11.2. The lowest BCUT2D eigenvalue weighted by atomic mass is 10.2. The standard InChI is InChI=1S/C19H21ClFN3O4S2/c1-12(25)24(30-19-22-14(11-29-19)7-18(26)27)10-15-9-23(4-5-28-15)8-13-2-3-17(21)16(20)6-13/h2-3,6,11,15H,4-5,7-10H2,1H3,(H,26,27)/t15-/m0/s1. The van der Waals surface area contributed by atoms with Crippen LogP contribution in [0.2, 0.25) is 5.02 Å². The average molecular weight is 474 g/mol. The van der Waals surface area contributed by atoms with Gasteiger partial charge in [-0.05, 0) is 17.7 Å². The van der Waals surface area contributed by atoms with Crippen LogP contribution in [0.25, 0.3) is 0 Å². The topological polar surface area (TPSA) is 83.0 Å². The summed E-state index contributed by atoms with van der Waals surface area (Å²) in [5.41, 5.74) is 1.38. The Labute approximate surface area is 186 Å². The molecular weight excluding hydrogens is 453 g/mol. The van der Waals surface area contributed by atoms with E-state index >= 15 is 0 Å². The van der Waals surface area contributed by atoms with Crippen LogP contribution < -0.4 is 0 Å². The largest absolute Gasteiger partial charge is 0.481 e. The number of morpholine rings is 1. The van der Waals surface area contributed by atoms with E-state index in [1.807, 2.05) is 0 Å². The van der Waals surface area contributed by atoms with Crippen LogP contribution in [-0.2, 0) is 27.3 Å². The van der Waals surface area contributed by atoms with Crippen molar-refractivity contribution in [1.82, 2.24) is 14.2 Å². The summed E-state index contributed by atoms with van der Waals surface area (Å²) in [7, 11) is 0. The number of carboxylic acid groups (broad SMARTS) is 1. The lowest BCUT2D eigenvalue weighted by molar-refractivity contribution is -0.136. The SMILES string of the molecule is CC(=O)N(C[C@@H]1CN(Cc2ccc(F)c(Cl)c2)CCO1)Sc1nc(CC(=O)O)cs1. The number of aliphatic carboxylic acids is 1. The Balaban J connectivity index is 1.58. The van der Waals surface area contributed by atoms with Gasteiger partial charge in [0.15, 0.2) is 4.34 Å². The van der Waals surface area contributed by atoms with Gasteiger partial charge in [-0.15, -0.1) is 11.3 Å². The van der Waals surface area contributed by atoms with Crippen molar-refractivity contribution in [2.45, 2.75) is 30.3 Å². The Morgan fingerprint density at radius 3 is 3.00 bits per heavy atom. The number of rotatable bonds is 8. The third-order valence-corrected chi connectivity index (χ3v) is 6.74. The van der Waals surface area contributed by atoms with Gasteiger partial charge in [-0.1, -0.05) is 17.7 Å². The number of amides is 1. The number of benzene rings is 1. The third-order valence-electron chi connectivity index (χ3n) is 4.39. The molecule has 30 heavy (non-hydrogen) atoms. The Bertz CT molecular complexity index is 914. The van der Waals surface area contributed by atoms with E-state index in [9.17, 15) is 14.0 Å². The lowest BCUT2D eigenvalue weighted by Crippen LogP contribution is -2.46. The number of halogens is 2. The van der Waals surface area contributed by atoms with Crippen molar-refractivity contribution in [3.8, 4) is 0 Å². The van der Waals surface area contributed by atoms with Crippen LogP contribution in [0.4, 0.5) is 4.39 Å². The van der Waals surface area contributed by atoms with E-state index in [1.54, 1.807) is 21.8 Å². The van der Waals surface area contributed by atoms with Gasteiger partial charge in [0, 0.05) is 43.9 Å². The van der Waals surface area contributed by atoms with Crippen LogP contribution in [0, 0.1) is 5.82 Å². The van der Waals surface area contributed by atoms with Crippen molar-refractivity contribution < 1.29 is 23.8 Å². The summed E-state index contributed by atoms with van der Waals surface area (Å²) in [6.45, 7) is 4.31. The van der Waals surface area contributed by atoms with Gasteiger partial charge in [0.1, 0.15) is 5.82 Å². The molecule has 2 aromatic rings. The van der Waals surface area contributed by atoms with Crippen LogP contribution >= 0.6 is 34.9 Å². The van der Waals surface area contributed by atoms with Gasteiger partial charge in [-0.2, -0.15) is 0 Å². The Hall–Kier alpha value is -1.72. The zero-order chi connectivity index (χ0) is 21.7. The van der Waals surface area contributed by atoms with Gasteiger partial charge in [-0.3, -0.25) is 18.8 Å². The molecule has 11 heteroatoms. The van der Waals surface area contributed by atoms with Crippen molar-refractivity contribution in [2.75, 3.05) is 26.2 Å². The molecule has 1 aromatic heterocycles. The minimum absolute atomic E-state index is 0.0992. The van der Waals surface area contributed by atoms with Crippen LogP contribution in [0.1, 0.15) is 18.2 Å². The summed E-state index contributed by atoms with van der Waals surface area (Å²) in [6.07, 6.45) is -0.338. The molecule has 1 aliphatic rings. The summed E-state index contributed by atoms with van der Waals surface area (Å²) in [4.78, 5) is 29.4. The van der Waals surface area contributed by atoms with Crippen LogP contribution in [0.3, 0.4) is 0 Å². The number of carbonyl (C=O) groups is 2. The summed E-state index contributed by atoms with van der Waals surface area (Å²) >= 11 is 8.36. The fourth-order valence-corrected chi connectivity index (χ4v) is 5.05. The smallest absolute Gasteiger partial charge is 0.309 e. The molecule has 1 saturated heterocycles. The quantitative estimate of drug-likeness (QED) is 0.589. The average Bonchev–Trinajstić information content (AvgIpc) is 3.10. The van der Waals surface area contributed by atoms with Crippen LogP contribution in [0.5, 0.6) is 0 Å². The predicted octanol–water partition coefficient (Wildman–Crippen LogP) is 3.32. The van der Waals surface area contributed by atoms with Gasteiger partial charge >= 0.3 is 5.97 Å². The first kappa shape index (κ1) is 23.0. The number of thiazole rings is 1. The van der Waals surface area contributed by atoms with Crippen molar-refractivity contribution in [2.24, 2.45) is 0 Å². The molecule has 1 fully saturated rings. The van der Waals surface area contributed by atoms with Gasteiger partial charge in [0.2, 0.25) is 5.91 Å². The molecule has 162 valence electrons. The number of carbonyl (C=O) groups excluding carboxylic acids is 1. The molecule has 7 nitrogen and oxygen atoms in total. The molecule has 1 atom stereocenters. The van der Waals surface area contributed by atoms with Gasteiger partial charge in [-0.25, -0.2) is 9.37 Å². The molecule has 0 saturated carbocycles. The first-order chi connectivity index (χ1) is 14.3. The monoisotopic (exact) mass is 473 g/mol. The first-order valence-electron chi connectivity index (χ1n) is 9.20. The molecule has 1 N–H and O–H groups in total. The number of ether oxygens (including phenoxy) is 1. The minimum Gasteiger partial charge on any atom is -0.481 e. The molecule has 1 aromatic carbocycles. The Morgan fingerprint density at radius 1 is 1.50 bits per heavy atom. The van der Waals surface area contributed by atoms with Crippen molar-refractivity contribution in [3.63, 3.8) is 0 Å². The van der Waals surface area contributed by atoms with E-state index in [4.69, 9.17) is 21.4 Å². The number of hydrogen-bond donors (Lipinski definition) is 1. The van der Waals surface area contributed by atoms with Crippen LogP contribution in [-0.4, -0.2) is 63.5 Å². The maximum atomic E-state index is 13.4. The normalized spacial score (nSPS) is 17.1. The predicted molar refractivity (Wildman–Crippen MR) is 113 cm³/mol. The fourth-order valence-electron chi connectivity index (χ4n) is 3.01. The fraction of sp³-hybridized carbons (Fsp3) is 0.421.